The maximum Gasteiger partial charge on any atom is 0.325 e. The highest BCUT2D eigenvalue weighted by molar-refractivity contribution is 7.71. The standard InChI is InChI=1S/C14H13N5O3S/c1-22-10-4-2-3-9(7-10)19-11(17-18-14(19)23)5-8-6-12(20)16-13(21)15-8/h2-4,6-7H,5H2,1H3,(H,18,23)(H2,15,16,20,21). The molecule has 0 amide bonds. The molecule has 0 atom stereocenters. The normalized spacial score (nSPS) is 10.7. The molecule has 0 saturated carbocycles. The smallest absolute Gasteiger partial charge is 0.325 e. The lowest BCUT2D eigenvalue weighted by molar-refractivity contribution is 0.414. The minimum absolute atomic E-state index is 0.240. The monoisotopic (exact) mass is 331 g/mol. The fraction of sp³-hybridized carbons (Fsp3) is 0.143. The third-order valence-electron chi connectivity index (χ3n) is 3.22. The Hall–Kier alpha value is -2.94. The van der Waals surface area contributed by atoms with Crippen molar-refractivity contribution < 1.29 is 4.74 Å². The van der Waals surface area contributed by atoms with E-state index in [2.05, 4.69) is 20.2 Å². The zero-order valence-electron chi connectivity index (χ0n) is 12.1. The molecule has 8 nitrogen and oxygen atoms in total. The number of aromatic amines is 3. The van der Waals surface area contributed by atoms with E-state index in [1.165, 1.54) is 6.07 Å². The molecular weight excluding hydrogens is 318 g/mol. The van der Waals surface area contributed by atoms with Crippen molar-refractivity contribution in [2.45, 2.75) is 6.42 Å². The SMILES string of the molecule is COc1cccc(-n2c(Cc3cc(=O)[nH]c(=O)[nH]3)n[nH]c2=S)c1. The van der Waals surface area contributed by atoms with Gasteiger partial charge >= 0.3 is 5.69 Å². The molecule has 9 heteroatoms. The van der Waals surface area contributed by atoms with Gasteiger partial charge in [-0.3, -0.25) is 19.4 Å². The van der Waals surface area contributed by atoms with E-state index >= 15 is 0 Å². The van der Waals surface area contributed by atoms with Crippen LogP contribution in [0.5, 0.6) is 5.75 Å². The summed E-state index contributed by atoms with van der Waals surface area (Å²) in [6, 6.07) is 8.64. The van der Waals surface area contributed by atoms with Gasteiger partial charge in [-0.15, -0.1) is 0 Å². The molecular formula is C14H13N5O3S. The van der Waals surface area contributed by atoms with Crippen LogP contribution in [0.1, 0.15) is 11.5 Å². The van der Waals surface area contributed by atoms with Crippen molar-refractivity contribution >= 4 is 12.2 Å². The van der Waals surface area contributed by atoms with Crippen molar-refractivity contribution in [1.82, 2.24) is 24.7 Å². The average Bonchev–Trinajstić information content (AvgIpc) is 2.87. The first-order valence-corrected chi connectivity index (χ1v) is 7.11. The summed E-state index contributed by atoms with van der Waals surface area (Å²) in [5.41, 5.74) is 0.183. The summed E-state index contributed by atoms with van der Waals surface area (Å²) in [5, 5.41) is 6.89. The van der Waals surface area contributed by atoms with Crippen molar-refractivity contribution in [2.75, 3.05) is 7.11 Å². The highest BCUT2D eigenvalue weighted by atomic mass is 32.1. The Balaban J connectivity index is 2.06. The number of nitrogens with zero attached hydrogens (tertiary/aromatic N) is 2. The van der Waals surface area contributed by atoms with Crippen LogP contribution in [-0.2, 0) is 6.42 Å². The zero-order valence-corrected chi connectivity index (χ0v) is 12.9. The molecule has 118 valence electrons. The lowest BCUT2D eigenvalue weighted by Gasteiger charge is -2.08. The summed E-state index contributed by atoms with van der Waals surface area (Å²) < 4.78 is 7.33. The second-order valence-corrected chi connectivity index (χ2v) is 5.16. The van der Waals surface area contributed by atoms with Gasteiger partial charge in [0, 0.05) is 24.2 Å². The predicted octanol–water partition coefficient (Wildman–Crippen LogP) is 0.906. The zero-order chi connectivity index (χ0) is 16.4. The predicted molar refractivity (Wildman–Crippen MR) is 85.8 cm³/mol. The average molecular weight is 331 g/mol. The van der Waals surface area contributed by atoms with Crippen LogP contribution in [0.4, 0.5) is 0 Å². The maximum absolute atomic E-state index is 11.4. The third kappa shape index (κ3) is 3.14. The van der Waals surface area contributed by atoms with E-state index in [9.17, 15) is 9.59 Å². The molecule has 0 aliphatic carbocycles. The first kappa shape index (κ1) is 15.0. The Labute approximate surface area is 134 Å². The van der Waals surface area contributed by atoms with Gasteiger partial charge in [0.2, 0.25) is 0 Å². The first-order valence-electron chi connectivity index (χ1n) is 6.70. The molecule has 23 heavy (non-hydrogen) atoms. The summed E-state index contributed by atoms with van der Waals surface area (Å²) in [6.45, 7) is 0. The molecule has 0 unspecified atom stereocenters. The van der Waals surface area contributed by atoms with Gasteiger partial charge in [0.15, 0.2) is 4.77 Å². The number of benzene rings is 1. The van der Waals surface area contributed by atoms with E-state index in [0.717, 1.165) is 5.69 Å². The number of rotatable bonds is 4. The van der Waals surface area contributed by atoms with Gasteiger partial charge in [0.05, 0.1) is 12.8 Å². The topological polar surface area (TPSA) is 109 Å². The lowest BCUT2D eigenvalue weighted by Crippen LogP contribution is -2.23. The van der Waals surface area contributed by atoms with Crippen molar-refractivity contribution in [3.63, 3.8) is 0 Å². The maximum atomic E-state index is 11.4. The lowest BCUT2D eigenvalue weighted by atomic mass is 10.2. The summed E-state index contributed by atoms with van der Waals surface area (Å²) >= 11 is 5.27. The van der Waals surface area contributed by atoms with Gasteiger partial charge in [-0.05, 0) is 24.4 Å². The molecule has 3 N–H and O–H groups in total. The van der Waals surface area contributed by atoms with E-state index in [4.69, 9.17) is 17.0 Å². The fourth-order valence-corrected chi connectivity index (χ4v) is 2.51. The first-order chi connectivity index (χ1) is 11.1. The molecule has 3 aromatic rings. The number of methoxy groups -OCH3 is 1. The second kappa shape index (κ2) is 6.05. The molecule has 0 fully saturated rings. The Morgan fingerprint density at radius 1 is 1.26 bits per heavy atom. The van der Waals surface area contributed by atoms with Crippen LogP contribution in [0.3, 0.4) is 0 Å². The van der Waals surface area contributed by atoms with Crippen molar-refractivity contribution in [3.05, 3.63) is 67.5 Å². The van der Waals surface area contributed by atoms with Crippen LogP contribution in [0, 0.1) is 4.77 Å². The number of hydrogen-bond donors (Lipinski definition) is 3. The van der Waals surface area contributed by atoms with Gasteiger partial charge in [0.25, 0.3) is 5.56 Å². The number of ether oxygens (including phenoxy) is 1. The van der Waals surface area contributed by atoms with E-state index < -0.39 is 11.2 Å². The highest BCUT2D eigenvalue weighted by Crippen LogP contribution is 2.18. The molecule has 0 aliphatic rings. The van der Waals surface area contributed by atoms with Crippen LogP contribution in [-0.4, -0.2) is 31.8 Å². The fourth-order valence-electron chi connectivity index (χ4n) is 2.25. The van der Waals surface area contributed by atoms with Crippen LogP contribution < -0.4 is 16.0 Å². The molecule has 0 aliphatic heterocycles. The molecule has 0 saturated heterocycles. The van der Waals surface area contributed by atoms with Crippen LogP contribution in [0.25, 0.3) is 5.69 Å². The summed E-state index contributed by atoms with van der Waals surface area (Å²) in [5.74, 6) is 1.24. The number of hydrogen-bond acceptors (Lipinski definition) is 5. The van der Waals surface area contributed by atoms with Gasteiger partial charge in [0.1, 0.15) is 11.6 Å². The Morgan fingerprint density at radius 3 is 2.83 bits per heavy atom. The van der Waals surface area contributed by atoms with Crippen LogP contribution >= 0.6 is 12.2 Å². The van der Waals surface area contributed by atoms with Crippen LogP contribution in [0.2, 0.25) is 0 Å². The van der Waals surface area contributed by atoms with Gasteiger partial charge in [-0.2, -0.15) is 5.10 Å². The Morgan fingerprint density at radius 2 is 2.09 bits per heavy atom. The Bertz CT molecular complexity index is 985. The highest BCUT2D eigenvalue weighted by Gasteiger charge is 2.11. The largest absolute Gasteiger partial charge is 0.497 e. The van der Waals surface area contributed by atoms with Crippen LogP contribution in [0.15, 0.2) is 39.9 Å². The number of H-pyrrole nitrogens is 3. The van der Waals surface area contributed by atoms with Gasteiger partial charge in [-0.1, -0.05) is 6.07 Å². The van der Waals surface area contributed by atoms with Crippen molar-refractivity contribution in [2.24, 2.45) is 0 Å². The minimum Gasteiger partial charge on any atom is -0.497 e. The molecule has 2 aromatic heterocycles. The van der Waals surface area contributed by atoms with E-state index in [0.29, 0.717) is 22.0 Å². The Kier molecular flexibility index (Phi) is 3.94. The molecule has 1 aromatic carbocycles. The minimum atomic E-state index is -0.561. The van der Waals surface area contributed by atoms with E-state index in [1.807, 2.05) is 24.3 Å². The van der Waals surface area contributed by atoms with Crippen molar-refractivity contribution in [1.29, 1.82) is 0 Å². The van der Waals surface area contributed by atoms with Gasteiger partial charge in [-0.25, -0.2) is 4.79 Å². The quantitative estimate of drug-likeness (QED) is 0.616. The summed E-state index contributed by atoms with van der Waals surface area (Å²) in [6.07, 6.45) is 0.240. The van der Waals surface area contributed by atoms with E-state index in [1.54, 1.807) is 11.7 Å². The van der Waals surface area contributed by atoms with Crippen molar-refractivity contribution in [3.8, 4) is 11.4 Å². The molecule has 0 spiro atoms. The molecule has 0 bridgehead atoms. The van der Waals surface area contributed by atoms with E-state index in [-0.39, 0.29) is 6.42 Å². The summed E-state index contributed by atoms with van der Waals surface area (Å²) in [4.78, 5) is 27.5. The molecule has 3 rings (SSSR count). The number of aromatic nitrogens is 5. The second-order valence-electron chi connectivity index (χ2n) is 4.77. The molecule has 0 radical (unpaired) electrons. The summed E-state index contributed by atoms with van der Waals surface area (Å²) in [7, 11) is 1.58. The molecule has 2 heterocycles. The van der Waals surface area contributed by atoms with Gasteiger partial charge < -0.3 is 9.72 Å². The third-order valence-corrected chi connectivity index (χ3v) is 3.49. The number of nitrogens with one attached hydrogen (secondary N) is 3.